The molecule has 2 rings (SSSR count). The van der Waals surface area contributed by atoms with Crippen LogP contribution in [0.2, 0.25) is 0 Å². The quantitative estimate of drug-likeness (QED) is 0.880. The monoisotopic (exact) mass is 358 g/mol. The zero-order valence-electron chi connectivity index (χ0n) is 12.0. The molecule has 0 fully saturated rings. The van der Waals surface area contributed by atoms with Gasteiger partial charge in [0.1, 0.15) is 5.75 Å². The van der Waals surface area contributed by atoms with E-state index in [0.29, 0.717) is 17.9 Å². The fourth-order valence-electron chi connectivity index (χ4n) is 1.81. The Bertz CT molecular complexity index is 675. The molecule has 0 aliphatic heterocycles. The van der Waals surface area contributed by atoms with Crippen molar-refractivity contribution in [2.45, 2.75) is 19.4 Å². The summed E-state index contributed by atoms with van der Waals surface area (Å²) < 4.78 is 6.54. The van der Waals surface area contributed by atoms with Gasteiger partial charge < -0.3 is 10.1 Å². The largest absolute Gasteiger partial charge is 0.481 e. The number of carbonyl (C=O) groups excluding carboxylic acids is 1. The summed E-state index contributed by atoms with van der Waals surface area (Å²) in [5.74, 6) is 0.408. The standard InChI is InChI=1S/C17H15BrN2O2/c1-12(22-16-8-4-14(18)5-9-16)17(21)20-15-6-2-13(3-7-15)10-11-19/h2-9,12H,10H2,1H3,(H,20,21)/t12-/m1/s1. The van der Waals surface area contributed by atoms with Gasteiger partial charge >= 0.3 is 0 Å². The third kappa shape index (κ3) is 4.61. The van der Waals surface area contributed by atoms with E-state index in [9.17, 15) is 4.79 Å². The van der Waals surface area contributed by atoms with Gasteiger partial charge in [0.15, 0.2) is 6.10 Å². The third-order valence-corrected chi connectivity index (χ3v) is 3.53. The van der Waals surface area contributed by atoms with Gasteiger partial charge in [-0.2, -0.15) is 5.26 Å². The molecule has 0 radical (unpaired) electrons. The highest BCUT2D eigenvalue weighted by Crippen LogP contribution is 2.18. The van der Waals surface area contributed by atoms with Gasteiger partial charge in [-0.1, -0.05) is 28.1 Å². The van der Waals surface area contributed by atoms with Crippen LogP contribution in [0.3, 0.4) is 0 Å². The van der Waals surface area contributed by atoms with E-state index in [1.54, 1.807) is 31.2 Å². The molecule has 0 heterocycles. The van der Waals surface area contributed by atoms with Crippen molar-refractivity contribution in [2.75, 3.05) is 5.32 Å². The molecule has 0 spiro atoms. The Kier molecular flexibility index (Phi) is 5.56. The molecule has 22 heavy (non-hydrogen) atoms. The lowest BCUT2D eigenvalue weighted by Crippen LogP contribution is -2.30. The van der Waals surface area contributed by atoms with Crippen molar-refractivity contribution in [3.05, 3.63) is 58.6 Å². The topological polar surface area (TPSA) is 62.1 Å². The Labute approximate surface area is 137 Å². The van der Waals surface area contributed by atoms with Crippen LogP contribution in [0.5, 0.6) is 5.75 Å². The lowest BCUT2D eigenvalue weighted by atomic mass is 10.1. The van der Waals surface area contributed by atoms with Crippen molar-refractivity contribution in [1.29, 1.82) is 5.26 Å². The van der Waals surface area contributed by atoms with Crippen molar-refractivity contribution in [2.24, 2.45) is 0 Å². The van der Waals surface area contributed by atoms with Crippen molar-refractivity contribution < 1.29 is 9.53 Å². The number of nitrogens with zero attached hydrogens (tertiary/aromatic N) is 1. The van der Waals surface area contributed by atoms with Crippen LogP contribution in [-0.2, 0) is 11.2 Å². The highest BCUT2D eigenvalue weighted by Gasteiger charge is 2.14. The van der Waals surface area contributed by atoms with E-state index >= 15 is 0 Å². The molecular weight excluding hydrogens is 344 g/mol. The molecule has 2 aromatic carbocycles. The highest BCUT2D eigenvalue weighted by molar-refractivity contribution is 9.10. The van der Waals surface area contributed by atoms with E-state index in [1.165, 1.54) is 0 Å². The summed E-state index contributed by atoms with van der Waals surface area (Å²) in [6.45, 7) is 1.70. The molecule has 2 aromatic rings. The first-order valence-electron chi connectivity index (χ1n) is 6.77. The summed E-state index contributed by atoms with van der Waals surface area (Å²) in [6, 6.07) is 16.6. The minimum absolute atomic E-state index is 0.226. The second-order valence-corrected chi connectivity index (χ2v) is 5.65. The Hall–Kier alpha value is -2.32. The predicted molar refractivity (Wildman–Crippen MR) is 88.6 cm³/mol. The van der Waals surface area contributed by atoms with E-state index in [2.05, 4.69) is 27.3 Å². The van der Waals surface area contributed by atoms with Crippen LogP contribution in [0, 0.1) is 11.3 Å². The van der Waals surface area contributed by atoms with Crippen LogP contribution >= 0.6 is 15.9 Å². The summed E-state index contributed by atoms with van der Waals surface area (Å²) in [7, 11) is 0. The summed E-state index contributed by atoms with van der Waals surface area (Å²) in [5, 5.41) is 11.4. The number of hydrogen-bond donors (Lipinski definition) is 1. The van der Waals surface area contributed by atoms with Crippen LogP contribution in [0.1, 0.15) is 12.5 Å². The lowest BCUT2D eigenvalue weighted by molar-refractivity contribution is -0.122. The normalized spacial score (nSPS) is 11.3. The van der Waals surface area contributed by atoms with E-state index in [0.717, 1.165) is 10.0 Å². The number of nitrogens with one attached hydrogen (secondary N) is 1. The molecule has 4 nitrogen and oxygen atoms in total. The molecule has 5 heteroatoms. The minimum Gasteiger partial charge on any atom is -0.481 e. The number of rotatable bonds is 5. The Morgan fingerprint density at radius 2 is 1.86 bits per heavy atom. The number of benzene rings is 2. The van der Waals surface area contributed by atoms with Gasteiger partial charge in [0.05, 0.1) is 12.5 Å². The van der Waals surface area contributed by atoms with E-state index in [1.807, 2.05) is 24.3 Å². The second kappa shape index (κ2) is 7.62. The highest BCUT2D eigenvalue weighted by atomic mass is 79.9. The molecule has 0 aromatic heterocycles. The molecule has 1 N–H and O–H groups in total. The smallest absolute Gasteiger partial charge is 0.265 e. The molecule has 0 bridgehead atoms. The molecular formula is C17H15BrN2O2. The van der Waals surface area contributed by atoms with E-state index in [4.69, 9.17) is 10.00 Å². The van der Waals surface area contributed by atoms with Crippen LogP contribution in [0.15, 0.2) is 53.0 Å². The zero-order chi connectivity index (χ0) is 15.9. The summed E-state index contributed by atoms with van der Waals surface area (Å²) in [4.78, 5) is 12.1. The van der Waals surface area contributed by atoms with Crippen molar-refractivity contribution in [1.82, 2.24) is 0 Å². The van der Waals surface area contributed by atoms with Crippen molar-refractivity contribution >= 4 is 27.5 Å². The number of anilines is 1. The number of nitriles is 1. The summed E-state index contributed by atoms with van der Waals surface area (Å²) >= 11 is 3.35. The maximum Gasteiger partial charge on any atom is 0.265 e. The van der Waals surface area contributed by atoms with Crippen molar-refractivity contribution in [3.8, 4) is 11.8 Å². The molecule has 0 saturated heterocycles. The number of carbonyl (C=O) groups is 1. The Balaban J connectivity index is 1.93. The molecule has 0 aliphatic carbocycles. The van der Waals surface area contributed by atoms with Gasteiger partial charge in [0.25, 0.3) is 5.91 Å². The SMILES string of the molecule is C[C@@H](Oc1ccc(Br)cc1)C(=O)Nc1ccc(CC#N)cc1. The molecule has 112 valence electrons. The van der Waals surface area contributed by atoms with E-state index < -0.39 is 6.10 Å². The fourth-order valence-corrected chi connectivity index (χ4v) is 2.08. The van der Waals surface area contributed by atoms with E-state index in [-0.39, 0.29) is 5.91 Å². The van der Waals surface area contributed by atoms with Crippen LogP contribution in [-0.4, -0.2) is 12.0 Å². The first kappa shape index (κ1) is 16.1. The van der Waals surface area contributed by atoms with Gasteiger partial charge in [-0.05, 0) is 48.9 Å². The minimum atomic E-state index is -0.611. The number of ether oxygens (including phenoxy) is 1. The number of halogens is 1. The van der Waals surface area contributed by atoms with Gasteiger partial charge in [-0.15, -0.1) is 0 Å². The summed E-state index contributed by atoms with van der Waals surface area (Å²) in [5.41, 5.74) is 1.60. The molecule has 0 unspecified atom stereocenters. The predicted octanol–water partition coefficient (Wildman–Crippen LogP) is 3.92. The average molecular weight is 359 g/mol. The van der Waals surface area contributed by atoms with Gasteiger partial charge in [-0.25, -0.2) is 0 Å². The zero-order valence-corrected chi connectivity index (χ0v) is 13.6. The second-order valence-electron chi connectivity index (χ2n) is 4.74. The first-order chi connectivity index (χ1) is 10.6. The van der Waals surface area contributed by atoms with Gasteiger partial charge in [0.2, 0.25) is 0 Å². The number of amides is 1. The number of hydrogen-bond acceptors (Lipinski definition) is 3. The Morgan fingerprint density at radius 3 is 2.45 bits per heavy atom. The molecule has 0 saturated carbocycles. The average Bonchev–Trinajstić information content (AvgIpc) is 2.51. The van der Waals surface area contributed by atoms with Gasteiger partial charge in [0, 0.05) is 10.2 Å². The molecule has 0 aliphatic rings. The lowest BCUT2D eigenvalue weighted by Gasteiger charge is -2.15. The van der Waals surface area contributed by atoms with Crippen LogP contribution in [0.4, 0.5) is 5.69 Å². The Morgan fingerprint density at radius 1 is 1.23 bits per heavy atom. The van der Waals surface area contributed by atoms with Crippen LogP contribution < -0.4 is 10.1 Å². The first-order valence-corrected chi connectivity index (χ1v) is 7.57. The fraction of sp³-hybridized carbons (Fsp3) is 0.176. The van der Waals surface area contributed by atoms with Crippen LogP contribution in [0.25, 0.3) is 0 Å². The maximum atomic E-state index is 12.1. The molecule has 1 atom stereocenters. The van der Waals surface area contributed by atoms with Crippen molar-refractivity contribution in [3.63, 3.8) is 0 Å². The van der Waals surface area contributed by atoms with Gasteiger partial charge in [-0.3, -0.25) is 4.79 Å². The third-order valence-electron chi connectivity index (χ3n) is 3.00. The molecule has 1 amide bonds. The summed E-state index contributed by atoms with van der Waals surface area (Å²) in [6.07, 6.45) is -0.253. The maximum absolute atomic E-state index is 12.1.